The van der Waals surface area contributed by atoms with E-state index in [-0.39, 0.29) is 55.5 Å². The molecule has 296 valence electrons. The highest BCUT2D eigenvalue weighted by Gasteiger charge is 2.46. The summed E-state index contributed by atoms with van der Waals surface area (Å²) in [4.78, 5) is 96.6. The molecule has 3 aliphatic rings. The molecule has 4 rings (SSSR count). The average molecular weight is 749 g/mol. The molecule has 2 aliphatic carbocycles. The van der Waals surface area contributed by atoms with Gasteiger partial charge in [-0.25, -0.2) is 4.79 Å². The number of hydrogen-bond donors (Lipinski definition) is 4. The molecule has 1 aromatic rings. The quantitative estimate of drug-likeness (QED) is 0.107. The number of likely N-dealkylation sites (tertiary alicyclic amines) is 1. The Balaban J connectivity index is 1.55. The summed E-state index contributed by atoms with van der Waals surface area (Å²) in [5.74, 6) is -0.0523. The van der Waals surface area contributed by atoms with Crippen LogP contribution in [-0.2, 0) is 19.2 Å². The standard InChI is InChI=1S/C41H60N6O7/c1-9-11-17-28(34(48)38(52)42-20-10-2)43-37(51)29-21-27(24(3)4)22-47(29)39(53)32(26-15-13-12-14-16-26)45-40(54)44-30(41(5,6)7)23-46(8)33-31(25-18-19-25)35(49)36(33)50/h1,10,24-30,32H,2,11-23H2,3-8H3,(H,42,52)(H,43,51)(H2,44,45,54)/t27-,28?,29+,30-,32+/m1/s1. The molecular formula is C41H60N6O7. The fraction of sp³-hybridized carbons (Fsp3) is 0.683. The minimum atomic E-state index is -1.18. The average Bonchev–Trinajstić information content (AvgIpc) is 3.86. The number of nitrogens with zero attached hydrogens (tertiary/aromatic N) is 2. The zero-order valence-corrected chi connectivity index (χ0v) is 32.9. The molecule has 0 radical (unpaired) electrons. The Kier molecular flexibility index (Phi) is 14.3. The predicted octanol–water partition coefficient (Wildman–Crippen LogP) is 2.90. The molecule has 0 spiro atoms. The van der Waals surface area contributed by atoms with E-state index in [0.29, 0.717) is 24.2 Å². The first-order valence-corrected chi connectivity index (χ1v) is 19.6. The van der Waals surface area contributed by atoms with Crippen molar-refractivity contribution in [2.45, 2.75) is 129 Å². The topological polar surface area (TPSA) is 174 Å². The van der Waals surface area contributed by atoms with Gasteiger partial charge in [0.05, 0.1) is 17.8 Å². The van der Waals surface area contributed by atoms with Crippen LogP contribution in [0.3, 0.4) is 0 Å². The minimum absolute atomic E-state index is 0.0157. The number of rotatable bonds is 17. The summed E-state index contributed by atoms with van der Waals surface area (Å²) < 4.78 is 0. The largest absolute Gasteiger partial charge is 0.369 e. The van der Waals surface area contributed by atoms with E-state index in [1.165, 1.54) is 6.08 Å². The van der Waals surface area contributed by atoms with Crippen LogP contribution in [0.4, 0.5) is 10.5 Å². The Labute approximate surface area is 319 Å². The van der Waals surface area contributed by atoms with Crippen LogP contribution in [0.15, 0.2) is 22.2 Å². The number of Topliss-reactive ketones (excluding diaryl/α,β-unsaturated/α-hetero) is 1. The van der Waals surface area contributed by atoms with Crippen molar-refractivity contribution in [3.05, 3.63) is 38.7 Å². The number of anilines is 1. The van der Waals surface area contributed by atoms with E-state index in [1.807, 2.05) is 34.6 Å². The second-order valence-electron chi connectivity index (χ2n) is 16.9. The summed E-state index contributed by atoms with van der Waals surface area (Å²) in [5.41, 5.74) is -0.345. The van der Waals surface area contributed by atoms with E-state index in [4.69, 9.17) is 6.42 Å². The van der Waals surface area contributed by atoms with Gasteiger partial charge in [0.15, 0.2) is 0 Å². The maximum Gasteiger partial charge on any atom is 0.315 e. The number of urea groups is 1. The van der Waals surface area contributed by atoms with Crippen molar-refractivity contribution in [3.63, 3.8) is 0 Å². The highest BCUT2D eigenvalue weighted by atomic mass is 16.2. The number of likely N-dealkylation sites (N-methyl/N-ethyl adjacent to an activating group) is 1. The molecule has 1 aromatic carbocycles. The van der Waals surface area contributed by atoms with Crippen LogP contribution in [0.25, 0.3) is 0 Å². The Bertz CT molecular complexity index is 1670. The van der Waals surface area contributed by atoms with Crippen molar-refractivity contribution < 1.29 is 24.0 Å². The minimum Gasteiger partial charge on any atom is -0.369 e. The molecule has 13 heteroatoms. The second kappa shape index (κ2) is 18.2. The van der Waals surface area contributed by atoms with Gasteiger partial charge in [-0.05, 0) is 67.6 Å². The molecule has 1 heterocycles. The molecule has 54 heavy (non-hydrogen) atoms. The molecule has 1 saturated heterocycles. The number of nitrogens with one attached hydrogen (secondary N) is 4. The van der Waals surface area contributed by atoms with Crippen LogP contribution < -0.4 is 37.0 Å². The number of hydrogen-bond acceptors (Lipinski definition) is 8. The molecule has 0 aromatic heterocycles. The molecule has 1 aliphatic heterocycles. The number of terminal acetylenes is 1. The maximum atomic E-state index is 14.7. The van der Waals surface area contributed by atoms with Crippen LogP contribution >= 0.6 is 0 Å². The van der Waals surface area contributed by atoms with Gasteiger partial charge in [-0.3, -0.25) is 28.8 Å². The lowest BCUT2D eigenvalue weighted by Crippen LogP contribution is -2.61. The summed E-state index contributed by atoms with van der Waals surface area (Å²) in [6.07, 6.45) is 13.5. The van der Waals surface area contributed by atoms with Crippen molar-refractivity contribution in [2.24, 2.45) is 23.2 Å². The molecular weight excluding hydrogens is 688 g/mol. The van der Waals surface area contributed by atoms with Gasteiger partial charge in [0.1, 0.15) is 12.1 Å². The molecule has 3 fully saturated rings. The van der Waals surface area contributed by atoms with Gasteiger partial charge < -0.3 is 31.1 Å². The van der Waals surface area contributed by atoms with Crippen LogP contribution in [0.2, 0.25) is 0 Å². The molecule has 5 amide bonds. The van der Waals surface area contributed by atoms with Crippen LogP contribution in [-0.4, -0.2) is 85.3 Å². The highest BCUT2D eigenvalue weighted by Crippen LogP contribution is 2.42. The van der Waals surface area contributed by atoms with Crippen LogP contribution in [0.5, 0.6) is 0 Å². The number of amides is 5. The first kappa shape index (κ1) is 42.3. The normalized spacial score (nSPS) is 20.7. The molecule has 5 atom stereocenters. The SMILES string of the molecule is C#CCCC(NC(=O)[C@@H]1C[C@@H](C(C)C)CN1C(=O)[C@@H](NC(=O)N[C@H](CN(C)c1c(C2CC2)c(=O)c1=O)C(C)(C)C)C1CCCCC1)C(=O)C(=O)NCC=C. The highest BCUT2D eigenvalue weighted by molar-refractivity contribution is 6.38. The van der Waals surface area contributed by atoms with Crippen molar-refractivity contribution in [3.8, 4) is 12.3 Å². The third kappa shape index (κ3) is 10.2. The lowest BCUT2D eigenvalue weighted by atomic mass is 9.83. The third-order valence-electron chi connectivity index (χ3n) is 11.5. The second-order valence-corrected chi connectivity index (χ2v) is 16.9. The van der Waals surface area contributed by atoms with Crippen molar-refractivity contribution in [1.29, 1.82) is 0 Å². The Morgan fingerprint density at radius 3 is 2.22 bits per heavy atom. The van der Waals surface area contributed by atoms with Crippen molar-refractivity contribution in [1.82, 2.24) is 26.2 Å². The van der Waals surface area contributed by atoms with E-state index in [9.17, 15) is 33.6 Å². The van der Waals surface area contributed by atoms with Gasteiger partial charge in [0, 0.05) is 38.7 Å². The Morgan fingerprint density at radius 1 is 0.981 bits per heavy atom. The van der Waals surface area contributed by atoms with Gasteiger partial charge in [0.25, 0.3) is 5.91 Å². The smallest absolute Gasteiger partial charge is 0.315 e. The molecule has 13 nitrogen and oxygen atoms in total. The zero-order valence-electron chi connectivity index (χ0n) is 32.9. The molecule has 2 saturated carbocycles. The van der Waals surface area contributed by atoms with E-state index in [2.05, 4.69) is 33.8 Å². The van der Waals surface area contributed by atoms with Gasteiger partial charge in [-0.1, -0.05) is 60.0 Å². The zero-order chi connectivity index (χ0) is 39.9. The summed E-state index contributed by atoms with van der Waals surface area (Å²) >= 11 is 0. The maximum absolute atomic E-state index is 14.7. The number of carbonyl (C=O) groups excluding carboxylic acids is 5. The van der Waals surface area contributed by atoms with Gasteiger partial charge in [0.2, 0.25) is 28.5 Å². The third-order valence-corrected chi connectivity index (χ3v) is 11.5. The summed E-state index contributed by atoms with van der Waals surface area (Å²) in [6.45, 7) is 14.2. The van der Waals surface area contributed by atoms with Crippen LogP contribution in [0.1, 0.15) is 110 Å². The molecule has 0 bridgehead atoms. The number of carbonyl (C=O) groups is 5. The lowest BCUT2D eigenvalue weighted by Gasteiger charge is -2.38. The van der Waals surface area contributed by atoms with Crippen molar-refractivity contribution in [2.75, 3.05) is 31.6 Å². The Hall–Kier alpha value is -4.47. The molecule has 1 unspecified atom stereocenters. The van der Waals surface area contributed by atoms with E-state index < -0.39 is 64.1 Å². The van der Waals surface area contributed by atoms with E-state index in [1.54, 1.807) is 16.8 Å². The predicted molar refractivity (Wildman–Crippen MR) is 209 cm³/mol. The Morgan fingerprint density at radius 2 is 1.65 bits per heavy atom. The first-order chi connectivity index (χ1) is 25.5. The lowest BCUT2D eigenvalue weighted by molar-refractivity contribution is -0.143. The van der Waals surface area contributed by atoms with Crippen molar-refractivity contribution >= 4 is 35.2 Å². The van der Waals surface area contributed by atoms with Crippen LogP contribution in [0, 0.1) is 35.5 Å². The summed E-state index contributed by atoms with van der Waals surface area (Å²) in [5, 5.41) is 11.3. The monoisotopic (exact) mass is 748 g/mol. The fourth-order valence-corrected chi connectivity index (χ4v) is 7.81. The van der Waals surface area contributed by atoms with E-state index in [0.717, 1.165) is 44.9 Å². The van der Waals surface area contributed by atoms with Gasteiger partial charge in [-0.15, -0.1) is 18.9 Å². The van der Waals surface area contributed by atoms with E-state index >= 15 is 0 Å². The fourth-order valence-electron chi connectivity index (χ4n) is 7.81. The van der Waals surface area contributed by atoms with Gasteiger partial charge in [-0.2, -0.15) is 0 Å². The summed E-state index contributed by atoms with van der Waals surface area (Å²) in [7, 11) is 1.76. The number of ketones is 1. The molecule has 4 N–H and O–H groups in total. The van der Waals surface area contributed by atoms with Gasteiger partial charge >= 0.3 is 6.03 Å². The summed E-state index contributed by atoms with van der Waals surface area (Å²) in [6, 6.07) is -4.01. The first-order valence-electron chi connectivity index (χ1n) is 19.6.